The summed E-state index contributed by atoms with van der Waals surface area (Å²) < 4.78 is 72.2. The minimum absolute atomic E-state index is 0.103. The molecule has 2 aromatic carbocycles. The highest BCUT2D eigenvalue weighted by molar-refractivity contribution is 5.84. The molecule has 42 heavy (non-hydrogen) atoms. The van der Waals surface area contributed by atoms with Gasteiger partial charge in [-0.1, -0.05) is 42.5 Å². The normalized spacial score (nSPS) is 13.5. The molecule has 2 rings (SSSR count). The smallest absolute Gasteiger partial charge is 0.458 e. The maximum absolute atomic E-state index is 14.7. The minimum atomic E-state index is -4.85. The molecule has 0 aliphatic heterocycles. The molecule has 12 heteroatoms. The number of amides is 1. The molecule has 232 valence electrons. The monoisotopic (exact) mass is 599 g/mol. The number of benzene rings is 2. The Kier molecular flexibility index (Phi) is 11.8. The van der Waals surface area contributed by atoms with Crippen molar-refractivity contribution in [3.63, 3.8) is 0 Å². The Labute approximate surface area is 242 Å². The van der Waals surface area contributed by atoms with E-state index in [9.17, 15) is 31.9 Å². The lowest BCUT2D eigenvalue weighted by Gasteiger charge is -2.32. The third kappa shape index (κ3) is 12.8. The summed E-state index contributed by atoms with van der Waals surface area (Å²) >= 11 is 0. The molecule has 8 nitrogen and oxygen atoms in total. The van der Waals surface area contributed by atoms with Gasteiger partial charge < -0.3 is 18.9 Å². The van der Waals surface area contributed by atoms with Gasteiger partial charge in [0.2, 0.25) is 0 Å². The molecule has 0 N–H and O–H groups in total. The number of alkyl halides is 4. The molecular weight excluding hydrogens is 562 g/mol. The van der Waals surface area contributed by atoms with Crippen molar-refractivity contribution in [2.24, 2.45) is 0 Å². The number of nitrogens with zero attached hydrogens (tertiary/aromatic N) is 1. The number of carbonyl (C=O) groups excluding carboxylic acids is 3. The van der Waals surface area contributed by atoms with Gasteiger partial charge in [-0.3, -0.25) is 4.90 Å². The van der Waals surface area contributed by atoms with Crippen LogP contribution in [0, 0.1) is 0 Å². The second-order valence-corrected chi connectivity index (χ2v) is 11.3. The second kappa shape index (κ2) is 14.4. The zero-order valence-corrected chi connectivity index (χ0v) is 24.5. The maximum Gasteiger partial charge on any atom is 0.573 e. The quantitative estimate of drug-likeness (QED) is 0.155. The summed E-state index contributed by atoms with van der Waals surface area (Å²) in [7, 11) is 1.26. The van der Waals surface area contributed by atoms with E-state index in [1.165, 1.54) is 33.0 Å². The van der Waals surface area contributed by atoms with Gasteiger partial charge >= 0.3 is 24.4 Å². The van der Waals surface area contributed by atoms with Crippen molar-refractivity contribution in [1.29, 1.82) is 0 Å². The summed E-state index contributed by atoms with van der Waals surface area (Å²) in [6.45, 7) is 7.24. The lowest BCUT2D eigenvalue weighted by Crippen LogP contribution is -2.49. The van der Waals surface area contributed by atoms with Gasteiger partial charge in [0, 0.05) is 13.5 Å². The van der Waals surface area contributed by atoms with Crippen LogP contribution in [0.5, 0.6) is 5.75 Å². The van der Waals surface area contributed by atoms with Gasteiger partial charge in [0.15, 0.2) is 6.10 Å². The number of carbonyl (C=O) groups is 3. The first kappa shape index (κ1) is 34.4. The Bertz CT molecular complexity index is 1170. The Morgan fingerprint density at radius 2 is 1.43 bits per heavy atom. The van der Waals surface area contributed by atoms with Gasteiger partial charge in [-0.25, -0.2) is 18.8 Å². The van der Waals surface area contributed by atoms with Crippen molar-refractivity contribution in [1.82, 2.24) is 4.90 Å². The predicted octanol–water partition coefficient (Wildman–Crippen LogP) is 6.55. The summed E-state index contributed by atoms with van der Waals surface area (Å²) in [5.41, 5.74) is -1.59. The lowest BCUT2D eigenvalue weighted by atomic mass is 10.00. The van der Waals surface area contributed by atoms with Crippen LogP contribution in [0.15, 0.2) is 54.6 Å². The fourth-order valence-corrected chi connectivity index (χ4v) is 3.72. The van der Waals surface area contributed by atoms with E-state index in [1.807, 2.05) is 0 Å². The first-order valence-corrected chi connectivity index (χ1v) is 13.2. The SMILES string of the molecule is CN(C(=O)OC(C)(C)C)[C@@H](CC(C)(C)F)C(=O)O[C@H](CCc1ccc(OC(F)(F)F)cc1)C(=O)OCc1ccccc1. The van der Waals surface area contributed by atoms with Crippen LogP contribution in [0.1, 0.15) is 58.6 Å². The molecule has 0 heterocycles. The second-order valence-electron chi connectivity index (χ2n) is 11.3. The molecular formula is C30H37F4NO7. The number of hydrogen-bond donors (Lipinski definition) is 0. The summed E-state index contributed by atoms with van der Waals surface area (Å²) in [6, 6.07) is 12.3. The van der Waals surface area contributed by atoms with Gasteiger partial charge in [-0.15, -0.1) is 13.2 Å². The molecule has 2 atom stereocenters. The minimum Gasteiger partial charge on any atom is -0.458 e. The molecule has 0 radical (unpaired) electrons. The van der Waals surface area contributed by atoms with Crippen LogP contribution in [0.2, 0.25) is 0 Å². The van der Waals surface area contributed by atoms with E-state index in [2.05, 4.69) is 4.74 Å². The maximum atomic E-state index is 14.7. The zero-order chi connectivity index (χ0) is 31.7. The molecule has 0 aromatic heterocycles. The van der Waals surface area contributed by atoms with Crippen LogP contribution >= 0.6 is 0 Å². The van der Waals surface area contributed by atoms with Crippen molar-refractivity contribution in [3.05, 3.63) is 65.7 Å². The molecule has 0 fully saturated rings. The highest BCUT2D eigenvalue weighted by Gasteiger charge is 2.38. The van der Waals surface area contributed by atoms with E-state index in [4.69, 9.17) is 14.2 Å². The molecule has 0 bridgehead atoms. The van der Waals surface area contributed by atoms with Gasteiger partial charge in [-0.05, 0) is 70.7 Å². The number of aryl methyl sites for hydroxylation is 1. The van der Waals surface area contributed by atoms with Gasteiger partial charge in [0.25, 0.3) is 0 Å². The van der Waals surface area contributed by atoms with Gasteiger partial charge in [0.05, 0.1) is 0 Å². The standard InChI is InChI=1S/C30H37F4NO7/c1-28(2,3)42-27(38)35(6)23(18-29(4,5)31)25(36)40-24(26(37)39-19-21-10-8-7-9-11-21)17-14-20-12-15-22(16-13-20)41-30(32,33)34/h7-13,15-16,23-24H,14,17-19H2,1-6H3/t23-,24+/m0/s1. The predicted molar refractivity (Wildman–Crippen MR) is 145 cm³/mol. The molecule has 2 aromatic rings. The molecule has 0 spiro atoms. The van der Waals surface area contributed by atoms with Crippen molar-refractivity contribution < 1.29 is 50.9 Å². The topological polar surface area (TPSA) is 91.4 Å². The molecule has 0 aliphatic rings. The molecule has 0 saturated carbocycles. The van der Waals surface area contributed by atoms with E-state index >= 15 is 0 Å². The number of halogens is 4. The first-order chi connectivity index (χ1) is 19.3. The average molecular weight is 600 g/mol. The fraction of sp³-hybridized carbons (Fsp3) is 0.500. The van der Waals surface area contributed by atoms with Crippen LogP contribution < -0.4 is 4.74 Å². The lowest BCUT2D eigenvalue weighted by molar-refractivity contribution is -0.274. The summed E-state index contributed by atoms with van der Waals surface area (Å²) in [6.07, 6.45) is -7.66. The van der Waals surface area contributed by atoms with Gasteiger partial charge in [0.1, 0.15) is 29.7 Å². The highest BCUT2D eigenvalue weighted by Crippen LogP contribution is 2.25. The van der Waals surface area contributed by atoms with E-state index < -0.39 is 60.0 Å². The Balaban J connectivity index is 2.24. The number of esters is 2. The van der Waals surface area contributed by atoms with Crippen molar-refractivity contribution in [2.45, 2.75) is 90.3 Å². The van der Waals surface area contributed by atoms with Crippen LogP contribution in [0.25, 0.3) is 0 Å². The van der Waals surface area contributed by atoms with E-state index in [1.54, 1.807) is 51.1 Å². The highest BCUT2D eigenvalue weighted by atomic mass is 19.4. The Morgan fingerprint density at radius 1 is 0.833 bits per heavy atom. The average Bonchev–Trinajstić information content (AvgIpc) is 2.86. The summed E-state index contributed by atoms with van der Waals surface area (Å²) in [4.78, 5) is 40.0. The molecule has 1 amide bonds. The largest absolute Gasteiger partial charge is 0.573 e. The van der Waals surface area contributed by atoms with E-state index in [-0.39, 0.29) is 19.4 Å². The van der Waals surface area contributed by atoms with E-state index in [0.29, 0.717) is 11.1 Å². The van der Waals surface area contributed by atoms with Crippen LogP contribution in [0.4, 0.5) is 22.4 Å². The van der Waals surface area contributed by atoms with Crippen molar-refractivity contribution in [2.75, 3.05) is 7.05 Å². The third-order valence-electron chi connectivity index (χ3n) is 5.70. The zero-order valence-electron chi connectivity index (χ0n) is 24.5. The summed E-state index contributed by atoms with van der Waals surface area (Å²) in [5, 5.41) is 0. The Morgan fingerprint density at radius 3 is 1.95 bits per heavy atom. The van der Waals surface area contributed by atoms with Gasteiger partial charge in [-0.2, -0.15) is 0 Å². The fourth-order valence-electron chi connectivity index (χ4n) is 3.72. The van der Waals surface area contributed by atoms with Crippen molar-refractivity contribution >= 4 is 18.0 Å². The molecule has 0 saturated heterocycles. The first-order valence-electron chi connectivity index (χ1n) is 13.2. The van der Waals surface area contributed by atoms with Crippen LogP contribution in [0.3, 0.4) is 0 Å². The third-order valence-corrected chi connectivity index (χ3v) is 5.70. The van der Waals surface area contributed by atoms with Crippen molar-refractivity contribution in [3.8, 4) is 5.75 Å². The Hall–Kier alpha value is -3.83. The number of hydrogen-bond acceptors (Lipinski definition) is 7. The van der Waals surface area contributed by atoms with Crippen LogP contribution in [-0.4, -0.2) is 59.8 Å². The number of rotatable bonds is 12. The number of ether oxygens (including phenoxy) is 4. The molecule has 0 unspecified atom stereocenters. The summed E-state index contributed by atoms with van der Waals surface area (Å²) in [5.74, 6) is -2.36. The van der Waals surface area contributed by atoms with E-state index in [0.717, 1.165) is 17.0 Å². The number of likely N-dealkylation sites (N-methyl/N-ethyl adjacent to an activating group) is 1. The molecule has 0 aliphatic carbocycles. The van der Waals surface area contributed by atoms with Crippen LogP contribution in [-0.2, 0) is 36.8 Å².